The zero-order valence-electron chi connectivity index (χ0n) is 18.1. The SMILES string of the molecule is CC(=O)OCC(=O)[C@@]1(O)[C@@H](C)C[C@H]2[C@H]3CCC4=CC(=O)C=C[C@]4(C)[C@@H]3C(=O)C[C@@]21C. The van der Waals surface area contributed by atoms with Gasteiger partial charge in [0.15, 0.2) is 12.4 Å². The second-order valence-corrected chi connectivity index (χ2v) is 10.1. The van der Waals surface area contributed by atoms with E-state index in [1.165, 1.54) is 6.92 Å². The van der Waals surface area contributed by atoms with Gasteiger partial charge in [0, 0.05) is 30.1 Å². The van der Waals surface area contributed by atoms with Crippen molar-refractivity contribution in [2.75, 3.05) is 6.61 Å². The zero-order valence-corrected chi connectivity index (χ0v) is 18.1. The summed E-state index contributed by atoms with van der Waals surface area (Å²) in [6, 6.07) is 0. The molecule has 6 nitrogen and oxygen atoms in total. The zero-order chi connectivity index (χ0) is 22.1. The summed E-state index contributed by atoms with van der Waals surface area (Å²) in [6.07, 6.45) is 7.37. The largest absolute Gasteiger partial charge is 0.458 e. The van der Waals surface area contributed by atoms with Gasteiger partial charge < -0.3 is 9.84 Å². The fraction of sp³-hybridized carbons (Fsp3) is 0.667. The van der Waals surface area contributed by atoms with Crippen LogP contribution in [0.15, 0.2) is 23.8 Å². The maximum Gasteiger partial charge on any atom is 0.303 e. The van der Waals surface area contributed by atoms with Crippen molar-refractivity contribution in [3.63, 3.8) is 0 Å². The molecule has 0 radical (unpaired) electrons. The van der Waals surface area contributed by atoms with Gasteiger partial charge in [0.1, 0.15) is 11.4 Å². The van der Waals surface area contributed by atoms with Crippen molar-refractivity contribution in [2.24, 2.45) is 34.5 Å². The summed E-state index contributed by atoms with van der Waals surface area (Å²) in [5.41, 5.74) is -2.07. The molecule has 0 saturated heterocycles. The summed E-state index contributed by atoms with van der Waals surface area (Å²) in [5.74, 6) is -1.63. The van der Waals surface area contributed by atoms with Gasteiger partial charge >= 0.3 is 5.97 Å². The van der Waals surface area contributed by atoms with Gasteiger partial charge in [0.25, 0.3) is 0 Å². The number of Topliss-reactive ketones (excluding diaryl/α,β-unsaturated/α-hetero) is 2. The number of carbonyl (C=O) groups is 4. The van der Waals surface area contributed by atoms with Crippen LogP contribution >= 0.6 is 0 Å². The van der Waals surface area contributed by atoms with E-state index in [0.717, 1.165) is 18.4 Å². The number of aliphatic hydroxyl groups is 1. The first kappa shape index (κ1) is 21.2. The second-order valence-electron chi connectivity index (χ2n) is 10.1. The Hall–Kier alpha value is -2.08. The minimum absolute atomic E-state index is 0.00545. The Kier molecular flexibility index (Phi) is 4.73. The third-order valence-corrected chi connectivity index (χ3v) is 8.67. The van der Waals surface area contributed by atoms with Crippen LogP contribution in [0.4, 0.5) is 0 Å². The van der Waals surface area contributed by atoms with Gasteiger partial charge in [-0.1, -0.05) is 32.4 Å². The number of ketones is 3. The molecule has 7 atom stereocenters. The smallest absolute Gasteiger partial charge is 0.303 e. The van der Waals surface area contributed by atoms with E-state index >= 15 is 0 Å². The van der Waals surface area contributed by atoms with Crippen LogP contribution in [0.2, 0.25) is 0 Å². The molecule has 4 aliphatic carbocycles. The topological polar surface area (TPSA) is 97.7 Å². The molecule has 30 heavy (non-hydrogen) atoms. The molecule has 0 heterocycles. The fourth-order valence-corrected chi connectivity index (χ4v) is 7.24. The number of allylic oxidation sites excluding steroid dienone is 4. The quantitative estimate of drug-likeness (QED) is 0.713. The molecule has 0 aromatic carbocycles. The lowest BCUT2D eigenvalue weighted by Gasteiger charge is -2.56. The van der Waals surface area contributed by atoms with Crippen molar-refractivity contribution in [2.45, 2.75) is 59.0 Å². The molecule has 0 amide bonds. The Morgan fingerprint density at radius 1 is 1.27 bits per heavy atom. The monoisotopic (exact) mass is 414 g/mol. The maximum atomic E-state index is 13.5. The number of hydrogen-bond acceptors (Lipinski definition) is 6. The molecule has 0 aromatic heterocycles. The van der Waals surface area contributed by atoms with Crippen LogP contribution in [-0.2, 0) is 23.9 Å². The number of rotatable bonds is 3. The normalized spacial score (nSPS) is 44.6. The van der Waals surface area contributed by atoms with E-state index < -0.39 is 34.8 Å². The lowest BCUT2D eigenvalue weighted by Crippen LogP contribution is -2.62. The highest BCUT2D eigenvalue weighted by atomic mass is 16.5. The lowest BCUT2D eigenvalue weighted by atomic mass is 9.46. The van der Waals surface area contributed by atoms with Gasteiger partial charge in [-0.25, -0.2) is 0 Å². The highest BCUT2D eigenvalue weighted by molar-refractivity contribution is 6.02. The molecule has 0 bridgehead atoms. The van der Waals surface area contributed by atoms with E-state index in [4.69, 9.17) is 4.74 Å². The summed E-state index contributed by atoms with van der Waals surface area (Å²) in [5, 5.41) is 11.7. The Balaban J connectivity index is 1.71. The molecular weight excluding hydrogens is 384 g/mol. The Labute approximate surface area is 176 Å². The third kappa shape index (κ3) is 2.65. The van der Waals surface area contributed by atoms with Crippen LogP contribution in [0, 0.1) is 34.5 Å². The Morgan fingerprint density at radius 3 is 2.63 bits per heavy atom. The van der Waals surface area contributed by atoms with Crippen LogP contribution < -0.4 is 0 Å². The molecular formula is C24H30O6. The van der Waals surface area contributed by atoms with Crippen LogP contribution in [0.1, 0.15) is 53.4 Å². The number of hydrogen-bond donors (Lipinski definition) is 1. The summed E-state index contributed by atoms with van der Waals surface area (Å²) in [7, 11) is 0. The van der Waals surface area contributed by atoms with Crippen molar-refractivity contribution >= 4 is 23.3 Å². The van der Waals surface area contributed by atoms with E-state index in [1.54, 1.807) is 12.2 Å². The predicted molar refractivity (Wildman–Crippen MR) is 108 cm³/mol. The van der Waals surface area contributed by atoms with Crippen molar-refractivity contribution in [3.8, 4) is 0 Å². The maximum absolute atomic E-state index is 13.5. The Bertz CT molecular complexity index is 899. The highest BCUT2D eigenvalue weighted by Crippen LogP contribution is 2.67. The van der Waals surface area contributed by atoms with Crippen molar-refractivity contribution in [1.82, 2.24) is 0 Å². The minimum atomic E-state index is -1.71. The average Bonchev–Trinajstić information content (AvgIpc) is 2.87. The molecule has 0 aliphatic heterocycles. The number of ether oxygens (including phenoxy) is 1. The molecule has 0 spiro atoms. The van der Waals surface area contributed by atoms with Crippen LogP contribution in [0.3, 0.4) is 0 Å². The second kappa shape index (κ2) is 6.71. The van der Waals surface area contributed by atoms with E-state index in [2.05, 4.69) is 0 Å². The molecule has 3 saturated carbocycles. The van der Waals surface area contributed by atoms with E-state index in [9.17, 15) is 24.3 Å². The average molecular weight is 414 g/mol. The third-order valence-electron chi connectivity index (χ3n) is 8.67. The van der Waals surface area contributed by atoms with Gasteiger partial charge in [-0.2, -0.15) is 0 Å². The van der Waals surface area contributed by atoms with Gasteiger partial charge in [-0.05, 0) is 49.2 Å². The van der Waals surface area contributed by atoms with Crippen LogP contribution in [-0.4, -0.2) is 40.6 Å². The fourth-order valence-electron chi connectivity index (χ4n) is 7.24. The van der Waals surface area contributed by atoms with Gasteiger partial charge in [0.05, 0.1) is 0 Å². The highest BCUT2D eigenvalue weighted by Gasteiger charge is 2.70. The first-order valence-electron chi connectivity index (χ1n) is 10.8. The van der Waals surface area contributed by atoms with Crippen molar-refractivity contribution in [3.05, 3.63) is 23.8 Å². The Morgan fingerprint density at radius 2 is 1.97 bits per heavy atom. The molecule has 0 unspecified atom stereocenters. The van der Waals surface area contributed by atoms with Gasteiger partial charge in [0.2, 0.25) is 5.78 Å². The molecule has 162 valence electrons. The number of esters is 1. The summed E-state index contributed by atoms with van der Waals surface area (Å²) in [6.45, 7) is 6.50. The summed E-state index contributed by atoms with van der Waals surface area (Å²) in [4.78, 5) is 49.7. The van der Waals surface area contributed by atoms with E-state index in [0.29, 0.717) is 6.42 Å². The predicted octanol–water partition coefficient (Wildman–Crippen LogP) is 2.58. The molecule has 4 rings (SSSR count). The van der Waals surface area contributed by atoms with E-state index in [-0.39, 0.29) is 41.7 Å². The molecule has 1 N–H and O–H groups in total. The lowest BCUT2D eigenvalue weighted by molar-refractivity contribution is -0.176. The van der Waals surface area contributed by atoms with Crippen molar-refractivity contribution < 1.29 is 29.0 Å². The first-order chi connectivity index (χ1) is 13.9. The van der Waals surface area contributed by atoms with Crippen LogP contribution in [0.5, 0.6) is 0 Å². The molecule has 0 aromatic rings. The van der Waals surface area contributed by atoms with Crippen molar-refractivity contribution in [1.29, 1.82) is 0 Å². The van der Waals surface area contributed by atoms with Gasteiger partial charge in [-0.3, -0.25) is 19.2 Å². The standard InChI is InChI=1S/C24H30O6/c1-13-9-18-17-6-5-15-10-16(26)7-8-22(15,3)21(17)19(27)11-23(18,4)24(13,29)20(28)12-30-14(2)25/h7-8,10,13,17-18,21,29H,5-6,9,11-12H2,1-4H3/t13-,17+,18-,21-,22-,23-,24-/m0/s1. The molecule has 3 fully saturated rings. The van der Waals surface area contributed by atoms with E-state index in [1.807, 2.05) is 26.8 Å². The van der Waals surface area contributed by atoms with Crippen LogP contribution in [0.25, 0.3) is 0 Å². The number of fused-ring (bicyclic) bond motifs is 5. The first-order valence-corrected chi connectivity index (χ1v) is 10.8. The summed E-state index contributed by atoms with van der Waals surface area (Å²) < 4.78 is 4.90. The minimum Gasteiger partial charge on any atom is -0.458 e. The summed E-state index contributed by atoms with van der Waals surface area (Å²) >= 11 is 0. The van der Waals surface area contributed by atoms with Gasteiger partial charge in [-0.15, -0.1) is 0 Å². The number of carbonyl (C=O) groups excluding carboxylic acids is 4. The molecule has 6 heteroatoms. The molecule has 4 aliphatic rings.